The standard InChI is InChI=1S/C23H22N2O4S/c1-2-25-14-15-29-22-13-10-19(16-21(22)23(25)26)24-30(27,28)20-11-8-18(9-12-20)17-6-4-3-5-7-17/h3-13,16,24H,2,14-15H2,1H3. The summed E-state index contributed by atoms with van der Waals surface area (Å²) in [5.41, 5.74) is 2.62. The maximum Gasteiger partial charge on any atom is 0.261 e. The molecule has 0 bridgehead atoms. The topological polar surface area (TPSA) is 75.7 Å². The summed E-state index contributed by atoms with van der Waals surface area (Å²) in [5.74, 6) is 0.296. The van der Waals surface area contributed by atoms with Gasteiger partial charge >= 0.3 is 0 Å². The molecule has 0 spiro atoms. The number of ether oxygens (including phenoxy) is 1. The van der Waals surface area contributed by atoms with Crippen molar-refractivity contribution in [1.82, 2.24) is 4.90 Å². The van der Waals surface area contributed by atoms with Crippen molar-refractivity contribution in [3.05, 3.63) is 78.4 Å². The fourth-order valence-corrected chi connectivity index (χ4v) is 4.45. The predicted molar refractivity (Wildman–Crippen MR) is 116 cm³/mol. The van der Waals surface area contributed by atoms with Crippen LogP contribution in [-0.4, -0.2) is 38.9 Å². The maximum atomic E-state index is 12.8. The summed E-state index contributed by atoms with van der Waals surface area (Å²) >= 11 is 0. The summed E-state index contributed by atoms with van der Waals surface area (Å²) < 4.78 is 33.9. The molecule has 6 nitrogen and oxygen atoms in total. The first-order valence-corrected chi connectivity index (χ1v) is 11.2. The Morgan fingerprint density at radius 2 is 1.67 bits per heavy atom. The summed E-state index contributed by atoms with van der Waals surface area (Å²) in [6.07, 6.45) is 0. The second kappa shape index (κ2) is 8.20. The largest absolute Gasteiger partial charge is 0.491 e. The Hall–Kier alpha value is -3.32. The molecule has 0 aromatic heterocycles. The number of carbonyl (C=O) groups excluding carboxylic acids is 1. The van der Waals surface area contributed by atoms with Gasteiger partial charge in [0.1, 0.15) is 12.4 Å². The van der Waals surface area contributed by atoms with Crippen LogP contribution in [0.25, 0.3) is 11.1 Å². The summed E-state index contributed by atoms with van der Waals surface area (Å²) in [6, 6.07) is 21.2. The molecule has 0 saturated heterocycles. The van der Waals surface area contributed by atoms with Crippen molar-refractivity contribution in [1.29, 1.82) is 0 Å². The highest BCUT2D eigenvalue weighted by molar-refractivity contribution is 7.92. The van der Waals surface area contributed by atoms with E-state index in [1.807, 2.05) is 37.3 Å². The van der Waals surface area contributed by atoms with Crippen molar-refractivity contribution in [2.75, 3.05) is 24.4 Å². The van der Waals surface area contributed by atoms with E-state index >= 15 is 0 Å². The molecule has 30 heavy (non-hydrogen) atoms. The Morgan fingerprint density at radius 3 is 2.37 bits per heavy atom. The maximum absolute atomic E-state index is 12.8. The van der Waals surface area contributed by atoms with Gasteiger partial charge < -0.3 is 9.64 Å². The fourth-order valence-electron chi connectivity index (χ4n) is 3.40. The number of hydrogen-bond donors (Lipinski definition) is 1. The van der Waals surface area contributed by atoms with Crippen LogP contribution in [0.5, 0.6) is 5.75 Å². The SMILES string of the molecule is CCN1CCOc2ccc(NS(=O)(=O)c3ccc(-c4ccccc4)cc3)cc2C1=O. The normalized spacial score (nSPS) is 13.9. The van der Waals surface area contributed by atoms with Gasteiger partial charge in [0.25, 0.3) is 15.9 Å². The smallest absolute Gasteiger partial charge is 0.261 e. The average Bonchev–Trinajstić information content (AvgIpc) is 2.92. The molecule has 0 saturated carbocycles. The molecule has 154 valence electrons. The molecule has 0 radical (unpaired) electrons. The zero-order valence-corrected chi connectivity index (χ0v) is 17.4. The molecule has 7 heteroatoms. The second-order valence-corrected chi connectivity index (χ2v) is 8.62. The Bertz CT molecular complexity index is 1160. The molecule has 1 N–H and O–H groups in total. The molecular weight excluding hydrogens is 400 g/mol. The number of nitrogens with one attached hydrogen (secondary N) is 1. The van der Waals surface area contributed by atoms with Crippen LogP contribution in [-0.2, 0) is 10.0 Å². The van der Waals surface area contributed by atoms with Crippen molar-refractivity contribution in [2.24, 2.45) is 0 Å². The molecule has 0 fully saturated rings. The highest BCUT2D eigenvalue weighted by Crippen LogP contribution is 2.28. The summed E-state index contributed by atoms with van der Waals surface area (Å²) in [7, 11) is -3.80. The molecule has 1 amide bonds. The van der Waals surface area contributed by atoms with E-state index in [0.717, 1.165) is 11.1 Å². The van der Waals surface area contributed by atoms with E-state index in [1.165, 1.54) is 6.07 Å². The minimum atomic E-state index is -3.80. The molecule has 3 aromatic rings. The van der Waals surface area contributed by atoms with Crippen LogP contribution in [0.1, 0.15) is 17.3 Å². The van der Waals surface area contributed by atoms with Gasteiger partial charge in [0, 0.05) is 12.2 Å². The second-order valence-electron chi connectivity index (χ2n) is 6.94. The Kier molecular flexibility index (Phi) is 5.46. The molecule has 1 heterocycles. The number of rotatable bonds is 5. The molecule has 1 aliphatic rings. The van der Waals surface area contributed by atoms with Crippen molar-refractivity contribution in [3.8, 4) is 16.9 Å². The van der Waals surface area contributed by atoms with Crippen molar-refractivity contribution >= 4 is 21.6 Å². The van der Waals surface area contributed by atoms with Gasteiger partial charge in [-0.15, -0.1) is 0 Å². The van der Waals surface area contributed by atoms with E-state index in [1.54, 1.807) is 41.3 Å². The first-order chi connectivity index (χ1) is 14.5. The van der Waals surface area contributed by atoms with Gasteiger partial charge in [0.05, 0.1) is 17.0 Å². The van der Waals surface area contributed by atoms with Gasteiger partial charge in [-0.25, -0.2) is 8.42 Å². The number of anilines is 1. The van der Waals surface area contributed by atoms with Crippen LogP contribution in [0.15, 0.2) is 77.7 Å². The van der Waals surface area contributed by atoms with Gasteiger partial charge in [-0.05, 0) is 48.4 Å². The highest BCUT2D eigenvalue weighted by Gasteiger charge is 2.24. The summed E-state index contributed by atoms with van der Waals surface area (Å²) in [5, 5.41) is 0. The number of hydrogen-bond acceptors (Lipinski definition) is 4. The quantitative estimate of drug-likeness (QED) is 0.674. The predicted octanol–water partition coefficient (Wildman–Crippen LogP) is 4.01. The molecular formula is C23H22N2O4S. The van der Waals surface area contributed by atoms with E-state index in [0.29, 0.717) is 36.7 Å². The van der Waals surface area contributed by atoms with Crippen molar-refractivity contribution in [2.45, 2.75) is 11.8 Å². The number of fused-ring (bicyclic) bond motifs is 1. The lowest BCUT2D eigenvalue weighted by Crippen LogP contribution is -2.32. The summed E-state index contributed by atoms with van der Waals surface area (Å²) in [4.78, 5) is 14.5. The Labute approximate surface area is 176 Å². The minimum Gasteiger partial charge on any atom is -0.491 e. The average molecular weight is 423 g/mol. The zero-order chi connectivity index (χ0) is 21.1. The first-order valence-electron chi connectivity index (χ1n) is 9.72. The van der Waals surface area contributed by atoms with Gasteiger partial charge in [0.2, 0.25) is 0 Å². The van der Waals surface area contributed by atoms with Crippen LogP contribution in [0.4, 0.5) is 5.69 Å². The minimum absolute atomic E-state index is 0.148. The Balaban J connectivity index is 1.59. The highest BCUT2D eigenvalue weighted by atomic mass is 32.2. The van der Waals surface area contributed by atoms with E-state index in [4.69, 9.17) is 4.74 Å². The number of carbonyl (C=O) groups is 1. The van der Waals surface area contributed by atoms with Crippen LogP contribution in [0, 0.1) is 0 Å². The van der Waals surface area contributed by atoms with Crippen LogP contribution >= 0.6 is 0 Å². The number of amides is 1. The molecule has 0 aliphatic carbocycles. The molecule has 4 rings (SSSR count). The van der Waals surface area contributed by atoms with Crippen molar-refractivity contribution < 1.29 is 17.9 Å². The third kappa shape index (κ3) is 4.02. The molecule has 0 unspecified atom stereocenters. The van der Waals surface area contributed by atoms with Gasteiger partial charge in [-0.2, -0.15) is 0 Å². The molecule has 3 aromatic carbocycles. The number of benzene rings is 3. The first kappa shape index (κ1) is 20.0. The van der Waals surface area contributed by atoms with E-state index in [9.17, 15) is 13.2 Å². The fraction of sp³-hybridized carbons (Fsp3) is 0.174. The molecule has 0 atom stereocenters. The van der Waals surface area contributed by atoms with Gasteiger partial charge in [0.15, 0.2) is 0 Å². The third-order valence-corrected chi connectivity index (χ3v) is 6.42. The summed E-state index contributed by atoms with van der Waals surface area (Å²) in [6.45, 7) is 3.37. The number of sulfonamides is 1. The monoisotopic (exact) mass is 422 g/mol. The van der Waals surface area contributed by atoms with Crippen LogP contribution in [0.3, 0.4) is 0 Å². The number of nitrogens with zero attached hydrogens (tertiary/aromatic N) is 1. The zero-order valence-electron chi connectivity index (χ0n) is 16.5. The van der Waals surface area contributed by atoms with Gasteiger partial charge in [-0.1, -0.05) is 42.5 Å². The molecule has 1 aliphatic heterocycles. The Morgan fingerprint density at radius 1 is 0.967 bits per heavy atom. The van der Waals surface area contributed by atoms with Gasteiger partial charge in [-0.3, -0.25) is 9.52 Å². The third-order valence-electron chi connectivity index (χ3n) is 5.02. The van der Waals surface area contributed by atoms with E-state index in [-0.39, 0.29) is 10.8 Å². The van der Waals surface area contributed by atoms with Crippen LogP contribution < -0.4 is 9.46 Å². The van der Waals surface area contributed by atoms with Crippen LogP contribution in [0.2, 0.25) is 0 Å². The lowest BCUT2D eigenvalue weighted by molar-refractivity contribution is 0.0765. The van der Waals surface area contributed by atoms with Crippen molar-refractivity contribution in [3.63, 3.8) is 0 Å². The van der Waals surface area contributed by atoms with E-state index in [2.05, 4.69) is 4.72 Å². The van der Waals surface area contributed by atoms with E-state index < -0.39 is 10.0 Å². The lowest BCUT2D eigenvalue weighted by Gasteiger charge is -2.17. The number of likely N-dealkylation sites (N-methyl/N-ethyl adjacent to an activating group) is 1. The lowest BCUT2D eigenvalue weighted by atomic mass is 10.1.